The standard InChI is InChI=1S/C48H59FN2O6/c1-48(47(54)56-29-30-17-18-31-11-9-10-16-34(31)25-30)23-21-37(22-24-48)57-41-27-38(40(55-2)28-39(41)49)45(52)51-44-36-20-19-35(26-36)42(44)46(53)50-43(32-12-5-3-6-13-32)33-14-7-4-8-15-33/h9-11,16-20,25,27-28,32-33,35-37,42-44H,3-8,12-15,21-24,26,29H2,1-2H3,(H,50,53)(H,51,52)/t35-,36-,37?,42-,44+,48?/m0/s1. The number of allylic oxidation sites excluding steroid dienone is 1. The molecule has 0 spiro atoms. The molecular weight excluding hydrogens is 720 g/mol. The zero-order valence-corrected chi connectivity index (χ0v) is 33.6. The fourth-order valence-electron chi connectivity index (χ4n) is 10.8. The number of esters is 1. The highest BCUT2D eigenvalue weighted by Gasteiger charge is 2.50. The number of fused-ring (bicyclic) bond motifs is 3. The molecular formula is C48H59FN2O6. The average molecular weight is 779 g/mol. The summed E-state index contributed by atoms with van der Waals surface area (Å²) in [5.74, 6) is -0.363. The molecule has 0 radical (unpaired) electrons. The minimum atomic E-state index is -0.676. The van der Waals surface area contributed by atoms with Gasteiger partial charge in [0.05, 0.1) is 30.1 Å². The minimum absolute atomic E-state index is 0.0293. The molecule has 3 aromatic rings. The van der Waals surface area contributed by atoms with Crippen molar-refractivity contribution in [2.24, 2.45) is 35.0 Å². The Labute approximate surface area is 336 Å². The monoisotopic (exact) mass is 778 g/mol. The quantitative estimate of drug-likeness (QED) is 0.140. The largest absolute Gasteiger partial charge is 0.496 e. The third kappa shape index (κ3) is 8.59. The Hall–Kier alpha value is -4.40. The lowest BCUT2D eigenvalue weighted by Crippen LogP contribution is -2.54. The second-order valence-electron chi connectivity index (χ2n) is 17.9. The summed E-state index contributed by atoms with van der Waals surface area (Å²) in [6, 6.07) is 16.6. The van der Waals surface area contributed by atoms with Crippen LogP contribution in [0.5, 0.6) is 11.5 Å². The zero-order chi connectivity index (χ0) is 39.5. The predicted octanol–water partition coefficient (Wildman–Crippen LogP) is 9.62. The van der Waals surface area contributed by atoms with E-state index in [2.05, 4.69) is 28.9 Å². The number of amides is 2. The van der Waals surface area contributed by atoms with Gasteiger partial charge in [0.1, 0.15) is 12.4 Å². The smallest absolute Gasteiger partial charge is 0.312 e. The maximum Gasteiger partial charge on any atom is 0.312 e. The number of halogens is 1. The summed E-state index contributed by atoms with van der Waals surface area (Å²) >= 11 is 0. The van der Waals surface area contributed by atoms with Crippen molar-refractivity contribution in [2.45, 2.75) is 128 Å². The summed E-state index contributed by atoms with van der Waals surface area (Å²) in [4.78, 5) is 41.7. The first kappa shape index (κ1) is 39.4. The number of ether oxygens (including phenoxy) is 3. The topological polar surface area (TPSA) is 103 Å². The van der Waals surface area contributed by atoms with Crippen molar-refractivity contribution in [3.05, 3.63) is 83.7 Å². The minimum Gasteiger partial charge on any atom is -0.496 e. The van der Waals surface area contributed by atoms with Crippen LogP contribution in [-0.2, 0) is 20.9 Å². The molecule has 5 aliphatic rings. The Morgan fingerprint density at radius 3 is 2.16 bits per heavy atom. The van der Waals surface area contributed by atoms with Crippen LogP contribution < -0.4 is 20.1 Å². The molecule has 0 unspecified atom stereocenters. The lowest BCUT2D eigenvalue weighted by molar-refractivity contribution is -0.159. The van der Waals surface area contributed by atoms with Gasteiger partial charge < -0.3 is 24.8 Å². The molecule has 57 heavy (non-hydrogen) atoms. The lowest BCUT2D eigenvalue weighted by atomic mass is 9.73. The van der Waals surface area contributed by atoms with Gasteiger partial charge in [0.15, 0.2) is 11.6 Å². The Kier molecular flexibility index (Phi) is 11.9. The van der Waals surface area contributed by atoms with E-state index in [9.17, 15) is 14.4 Å². The van der Waals surface area contributed by atoms with E-state index in [0.29, 0.717) is 37.5 Å². The highest BCUT2D eigenvalue weighted by molar-refractivity contribution is 5.98. The van der Waals surface area contributed by atoms with Crippen molar-refractivity contribution < 1.29 is 33.0 Å². The lowest BCUT2D eigenvalue weighted by Gasteiger charge is -2.39. The molecule has 4 atom stereocenters. The zero-order valence-electron chi connectivity index (χ0n) is 33.6. The number of methoxy groups -OCH3 is 1. The Balaban J connectivity index is 0.904. The molecule has 0 aromatic heterocycles. The van der Waals surface area contributed by atoms with Crippen LogP contribution >= 0.6 is 0 Å². The van der Waals surface area contributed by atoms with Crippen molar-refractivity contribution in [3.63, 3.8) is 0 Å². The number of carbonyl (C=O) groups excluding carboxylic acids is 3. The van der Waals surface area contributed by atoms with Crippen LogP contribution in [0.1, 0.15) is 119 Å². The molecule has 5 aliphatic carbocycles. The summed E-state index contributed by atoms with van der Waals surface area (Å²) < 4.78 is 33.1. The number of hydrogen-bond acceptors (Lipinski definition) is 6. The first-order chi connectivity index (χ1) is 27.7. The van der Waals surface area contributed by atoms with Crippen molar-refractivity contribution in [1.82, 2.24) is 10.6 Å². The number of hydrogen-bond donors (Lipinski definition) is 2. The van der Waals surface area contributed by atoms with E-state index in [1.165, 1.54) is 83.5 Å². The van der Waals surface area contributed by atoms with Crippen LogP contribution in [0.4, 0.5) is 4.39 Å². The summed E-state index contributed by atoms with van der Waals surface area (Å²) in [5.41, 5.74) is 0.427. The van der Waals surface area contributed by atoms with E-state index >= 15 is 4.39 Å². The van der Waals surface area contributed by atoms with Gasteiger partial charge in [-0.15, -0.1) is 0 Å². The van der Waals surface area contributed by atoms with Gasteiger partial charge in [0, 0.05) is 18.2 Å². The Morgan fingerprint density at radius 2 is 1.47 bits per heavy atom. The van der Waals surface area contributed by atoms with Gasteiger partial charge in [0.25, 0.3) is 5.91 Å². The molecule has 3 aromatic carbocycles. The van der Waals surface area contributed by atoms with Gasteiger partial charge in [-0.25, -0.2) is 4.39 Å². The van der Waals surface area contributed by atoms with Crippen LogP contribution in [0, 0.1) is 40.8 Å². The predicted molar refractivity (Wildman–Crippen MR) is 218 cm³/mol. The molecule has 9 heteroatoms. The molecule has 8 nitrogen and oxygen atoms in total. The van der Waals surface area contributed by atoms with Gasteiger partial charge in [-0.2, -0.15) is 0 Å². The number of carbonyl (C=O) groups is 3. The number of rotatable bonds is 12. The van der Waals surface area contributed by atoms with Crippen LogP contribution in [0.15, 0.2) is 66.7 Å². The van der Waals surface area contributed by atoms with Gasteiger partial charge >= 0.3 is 5.97 Å². The Morgan fingerprint density at radius 1 is 0.807 bits per heavy atom. The van der Waals surface area contributed by atoms with E-state index in [1.807, 2.05) is 43.3 Å². The van der Waals surface area contributed by atoms with E-state index in [4.69, 9.17) is 14.2 Å². The van der Waals surface area contributed by atoms with E-state index in [-0.39, 0.29) is 71.5 Å². The second kappa shape index (κ2) is 17.2. The Bertz CT molecular complexity index is 1940. The molecule has 2 amide bonds. The molecule has 0 heterocycles. The normalized spacial score (nSPS) is 27.7. The van der Waals surface area contributed by atoms with Crippen molar-refractivity contribution >= 4 is 28.6 Å². The maximum absolute atomic E-state index is 15.5. The third-order valence-corrected chi connectivity index (χ3v) is 14.2. The maximum atomic E-state index is 15.5. The van der Waals surface area contributed by atoms with Gasteiger partial charge in [-0.1, -0.05) is 87.1 Å². The van der Waals surface area contributed by atoms with E-state index < -0.39 is 17.1 Å². The van der Waals surface area contributed by atoms with Crippen LogP contribution in [0.2, 0.25) is 0 Å². The molecule has 304 valence electrons. The van der Waals surface area contributed by atoms with Crippen LogP contribution in [-0.4, -0.2) is 43.1 Å². The van der Waals surface area contributed by atoms with Crippen LogP contribution in [0.3, 0.4) is 0 Å². The van der Waals surface area contributed by atoms with Crippen molar-refractivity contribution in [3.8, 4) is 11.5 Å². The molecule has 2 N–H and O–H groups in total. The first-order valence-corrected chi connectivity index (χ1v) is 21.7. The van der Waals surface area contributed by atoms with E-state index in [1.54, 1.807) is 0 Å². The van der Waals surface area contributed by atoms with Crippen LogP contribution in [0.25, 0.3) is 10.8 Å². The van der Waals surface area contributed by atoms with Gasteiger partial charge in [0.2, 0.25) is 5.91 Å². The van der Waals surface area contributed by atoms with Crippen molar-refractivity contribution in [1.29, 1.82) is 0 Å². The highest BCUT2D eigenvalue weighted by atomic mass is 19.1. The third-order valence-electron chi connectivity index (χ3n) is 14.2. The number of nitrogens with one attached hydrogen (secondary N) is 2. The second-order valence-corrected chi connectivity index (χ2v) is 17.9. The SMILES string of the molecule is COc1cc(F)c(OC2CCC(C)(C(=O)OCc3ccc4ccccc4c3)CC2)cc1C(=O)N[C@H]1[C@@H](C(=O)NC(C2CCCCC2)C2CCCCC2)[C@H]2C=C[C@H]1C2. The molecule has 0 saturated heterocycles. The average Bonchev–Trinajstić information content (AvgIpc) is 3.86. The summed E-state index contributed by atoms with van der Waals surface area (Å²) in [5, 5.41) is 9.04. The fourth-order valence-corrected chi connectivity index (χ4v) is 10.8. The summed E-state index contributed by atoms with van der Waals surface area (Å²) in [6.07, 6.45) is 19.1. The molecule has 4 fully saturated rings. The molecule has 8 rings (SSSR count). The van der Waals surface area contributed by atoms with Gasteiger partial charge in [-0.05, 0) is 117 Å². The highest BCUT2D eigenvalue weighted by Crippen LogP contribution is 2.45. The molecule has 0 aliphatic heterocycles. The molecule has 4 saturated carbocycles. The number of benzene rings is 3. The summed E-state index contributed by atoms with van der Waals surface area (Å²) in [6.45, 7) is 2.12. The summed E-state index contributed by atoms with van der Waals surface area (Å²) in [7, 11) is 1.42. The molecule has 2 bridgehead atoms. The van der Waals surface area contributed by atoms with E-state index in [0.717, 1.165) is 22.8 Å². The first-order valence-electron chi connectivity index (χ1n) is 21.7. The fraction of sp³-hybridized carbons (Fsp3) is 0.562. The van der Waals surface area contributed by atoms with Crippen molar-refractivity contribution in [2.75, 3.05) is 7.11 Å². The van der Waals surface area contributed by atoms with Gasteiger partial charge in [-0.3, -0.25) is 14.4 Å².